The maximum absolute atomic E-state index is 12.7. The van der Waals surface area contributed by atoms with Crippen molar-refractivity contribution in [2.75, 3.05) is 19.7 Å². The SMILES string of the molecule is NC1CCCC(C(=O)N2CCOC(c3ccccc3Cl)C2)C1. The van der Waals surface area contributed by atoms with Gasteiger partial charge in [-0.05, 0) is 25.3 Å². The molecule has 3 unspecified atom stereocenters. The number of halogens is 1. The van der Waals surface area contributed by atoms with Crippen LogP contribution in [0.1, 0.15) is 37.4 Å². The largest absolute Gasteiger partial charge is 0.370 e. The van der Waals surface area contributed by atoms with Crippen molar-refractivity contribution in [2.45, 2.75) is 37.8 Å². The van der Waals surface area contributed by atoms with E-state index in [4.69, 9.17) is 22.1 Å². The number of morpholine rings is 1. The Hall–Kier alpha value is -1.10. The second kappa shape index (κ2) is 6.99. The summed E-state index contributed by atoms with van der Waals surface area (Å²) in [7, 11) is 0. The second-order valence-corrected chi connectivity index (χ2v) is 6.70. The number of carbonyl (C=O) groups excluding carboxylic acids is 1. The van der Waals surface area contributed by atoms with Crippen molar-refractivity contribution in [3.8, 4) is 0 Å². The van der Waals surface area contributed by atoms with E-state index in [0.717, 1.165) is 31.2 Å². The molecule has 4 nitrogen and oxygen atoms in total. The van der Waals surface area contributed by atoms with E-state index in [1.807, 2.05) is 29.2 Å². The van der Waals surface area contributed by atoms with Crippen LogP contribution in [-0.4, -0.2) is 36.5 Å². The van der Waals surface area contributed by atoms with Crippen LogP contribution in [0.25, 0.3) is 0 Å². The third-order valence-electron chi connectivity index (χ3n) is 4.69. The Labute approximate surface area is 136 Å². The van der Waals surface area contributed by atoms with Gasteiger partial charge in [0, 0.05) is 29.1 Å². The molecular formula is C17H23ClN2O2. The minimum absolute atomic E-state index is 0.0775. The minimum atomic E-state index is -0.135. The number of amides is 1. The van der Waals surface area contributed by atoms with Gasteiger partial charge >= 0.3 is 0 Å². The summed E-state index contributed by atoms with van der Waals surface area (Å²) < 4.78 is 5.83. The molecule has 2 fully saturated rings. The third kappa shape index (κ3) is 3.45. The Bertz CT molecular complexity index is 537. The lowest BCUT2D eigenvalue weighted by atomic mass is 9.85. The highest BCUT2D eigenvalue weighted by atomic mass is 35.5. The van der Waals surface area contributed by atoms with Gasteiger partial charge in [-0.1, -0.05) is 36.2 Å². The van der Waals surface area contributed by atoms with Crippen molar-refractivity contribution in [1.29, 1.82) is 0 Å². The molecule has 0 aromatic heterocycles. The molecule has 1 aromatic carbocycles. The molecule has 120 valence electrons. The summed E-state index contributed by atoms with van der Waals surface area (Å²) in [4.78, 5) is 14.7. The lowest BCUT2D eigenvalue weighted by Gasteiger charge is -2.37. The second-order valence-electron chi connectivity index (χ2n) is 6.29. The smallest absolute Gasteiger partial charge is 0.225 e. The maximum Gasteiger partial charge on any atom is 0.225 e. The summed E-state index contributed by atoms with van der Waals surface area (Å²) >= 11 is 6.25. The van der Waals surface area contributed by atoms with E-state index in [9.17, 15) is 4.79 Å². The van der Waals surface area contributed by atoms with Gasteiger partial charge in [-0.25, -0.2) is 0 Å². The van der Waals surface area contributed by atoms with Crippen molar-refractivity contribution < 1.29 is 9.53 Å². The van der Waals surface area contributed by atoms with Crippen LogP contribution in [-0.2, 0) is 9.53 Å². The normalized spacial score (nSPS) is 29.4. The number of rotatable bonds is 2. The highest BCUT2D eigenvalue weighted by Gasteiger charge is 2.32. The number of ether oxygens (including phenoxy) is 1. The molecule has 1 aromatic rings. The Kier molecular flexibility index (Phi) is 5.01. The molecule has 2 N–H and O–H groups in total. The molecule has 1 saturated carbocycles. The first-order valence-corrected chi connectivity index (χ1v) is 8.43. The minimum Gasteiger partial charge on any atom is -0.370 e. The molecule has 0 radical (unpaired) electrons. The fourth-order valence-corrected chi connectivity index (χ4v) is 3.74. The highest BCUT2D eigenvalue weighted by molar-refractivity contribution is 6.31. The van der Waals surface area contributed by atoms with E-state index in [-0.39, 0.29) is 24.0 Å². The van der Waals surface area contributed by atoms with Gasteiger partial charge in [0.2, 0.25) is 5.91 Å². The van der Waals surface area contributed by atoms with Crippen molar-refractivity contribution in [2.24, 2.45) is 11.7 Å². The maximum atomic E-state index is 12.7. The van der Waals surface area contributed by atoms with Crippen molar-refractivity contribution in [3.63, 3.8) is 0 Å². The van der Waals surface area contributed by atoms with Crippen molar-refractivity contribution in [3.05, 3.63) is 34.9 Å². The predicted octanol–water partition coefficient (Wildman–Crippen LogP) is 2.76. The Morgan fingerprint density at radius 3 is 2.91 bits per heavy atom. The fourth-order valence-electron chi connectivity index (χ4n) is 3.48. The van der Waals surface area contributed by atoms with Crippen LogP contribution < -0.4 is 5.73 Å². The quantitative estimate of drug-likeness (QED) is 0.911. The predicted molar refractivity (Wildman–Crippen MR) is 86.7 cm³/mol. The number of hydrogen-bond acceptors (Lipinski definition) is 3. The van der Waals surface area contributed by atoms with Gasteiger partial charge in [-0.15, -0.1) is 0 Å². The number of hydrogen-bond donors (Lipinski definition) is 1. The number of benzene rings is 1. The van der Waals surface area contributed by atoms with Crippen LogP contribution in [0.3, 0.4) is 0 Å². The van der Waals surface area contributed by atoms with Crippen LogP contribution in [0.5, 0.6) is 0 Å². The highest BCUT2D eigenvalue weighted by Crippen LogP contribution is 2.31. The summed E-state index contributed by atoms with van der Waals surface area (Å²) in [5.41, 5.74) is 6.98. The summed E-state index contributed by atoms with van der Waals surface area (Å²) in [6.45, 7) is 1.79. The molecule has 1 aliphatic carbocycles. The average molecular weight is 323 g/mol. The molecule has 1 heterocycles. The lowest BCUT2D eigenvalue weighted by Crippen LogP contribution is -2.46. The van der Waals surface area contributed by atoms with Gasteiger partial charge in [0.15, 0.2) is 0 Å². The van der Waals surface area contributed by atoms with E-state index in [1.165, 1.54) is 0 Å². The molecule has 0 spiro atoms. The standard InChI is InChI=1S/C17H23ClN2O2/c18-15-7-2-1-6-14(15)16-11-20(8-9-22-16)17(21)12-4-3-5-13(19)10-12/h1-2,6-7,12-13,16H,3-5,8-11,19H2. The summed E-state index contributed by atoms with van der Waals surface area (Å²) in [6, 6.07) is 7.86. The number of nitrogens with zero attached hydrogens (tertiary/aromatic N) is 1. The van der Waals surface area contributed by atoms with Crippen LogP contribution >= 0.6 is 11.6 Å². The fraction of sp³-hybridized carbons (Fsp3) is 0.588. The Balaban J connectivity index is 1.68. The molecule has 22 heavy (non-hydrogen) atoms. The number of carbonyl (C=O) groups is 1. The molecule has 5 heteroatoms. The van der Waals surface area contributed by atoms with E-state index in [0.29, 0.717) is 24.7 Å². The molecule has 1 amide bonds. The first-order chi connectivity index (χ1) is 10.6. The van der Waals surface area contributed by atoms with Crippen molar-refractivity contribution in [1.82, 2.24) is 4.90 Å². The van der Waals surface area contributed by atoms with Gasteiger partial charge in [-0.2, -0.15) is 0 Å². The lowest BCUT2D eigenvalue weighted by molar-refractivity contribution is -0.144. The zero-order valence-electron chi connectivity index (χ0n) is 12.7. The summed E-state index contributed by atoms with van der Waals surface area (Å²) in [6.07, 6.45) is 3.72. The Morgan fingerprint density at radius 2 is 2.14 bits per heavy atom. The Morgan fingerprint density at radius 1 is 1.32 bits per heavy atom. The molecular weight excluding hydrogens is 300 g/mol. The van der Waals surface area contributed by atoms with Crippen LogP contribution in [0.2, 0.25) is 5.02 Å². The van der Waals surface area contributed by atoms with Gasteiger partial charge in [0.25, 0.3) is 0 Å². The molecule has 1 aliphatic heterocycles. The topological polar surface area (TPSA) is 55.6 Å². The molecule has 3 atom stereocenters. The first-order valence-electron chi connectivity index (χ1n) is 8.05. The van der Waals surface area contributed by atoms with Gasteiger partial charge < -0.3 is 15.4 Å². The summed E-state index contributed by atoms with van der Waals surface area (Å²) in [5, 5.41) is 0.696. The average Bonchev–Trinajstić information content (AvgIpc) is 2.55. The van der Waals surface area contributed by atoms with Crippen LogP contribution in [0.15, 0.2) is 24.3 Å². The number of nitrogens with two attached hydrogens (primary N) is 1. The summed E-state index contributed by atoms with van der Waals surface area (Å²) in [5.74, 6) is 0.309. The van der Waals surface area contributed by atoms with Gasteiger partial charge in [0.1, 0.15) is 6.10 Å². The molecule has 0 bridgehead atoms. The van der Waals surface area contributed by atoms with E-state index >= 15 is 0 Å². The van der Waals surface area contributed by atoms with Gasteiger partial charge in [0.05, 0.1) is 13.2 Å². The van der Waals surface area contributed by atoms with Crippen LogP contribution in [0, 0.1) is 5.92 Å². The van der Waals surface area contributed by atoms with Gasteiger partial charge in [-0.3, -0.25) is 4.79 Å². The molecule has 3 rings (SSSR count). The third-order valence-corrected chi connectivity index (χ3v) is 5.04. The zero-order valence-corrected chi connectivity index (χ0v) is 13.5. The molecule has 2 aliphatic rings. The van der Waals surface area contributed by atoms with Crippen LogP contribution in [0.4, 0.5) is 0 Å². The first kappa shape index (κ1) is 15.8. The zero-order chi connectivity index (χ0) is 15.5. The molecule has 1 saturated heterocycles. The van der Waals surface area contributed by atoms with E-state index < -0.39 is 0 Å². The van der Waals surface area contributed by atoms with Crippen molar-refractivity contribution >= 4 is 17.5 Å². The van der Waals surface area contributed by atoms with E-state index in [1.54, 1.807) is 0 Å². The van der Waals surface area contributed by atoms with E-state index in [2.05, 4.69) is 0 Å². The monoisotopic (exact) mass is 322 g/mol.